The Morgan fingerprint density at radius 3 is 2.18 bits per heavy atom. The second kappa shape index (κ2) is 13.5. The zero-order valence-corrected chi connectivity index (χ0v) is 20.8. The number of nitrogens with zero attached hydrogens (tertiary/aromatic N) is 1. The van der Waals surface area contributed by atoms with Crippen molar-refractivity contribution in [3.05, 3.63) is 35.6 Å². The normalized spacial score (nSPS) is 16.2. The summed E-state index contributed by atoms with van der Waals surface area (Å²) in [5.74, 6) is -0.592. The Morgan fingerprint density at radius 1 is 1.09 bits per heavy atom. The Morgan fingerprint density at radius 2 is 1.67 bits per heavy atom. The van der Waals surface area contributed by atoms with Gasteiger partial charge in [-0.1, -0.05) is 39.8 Å². The van der Waals surface area contributed by atoms with Crippen LogP contribution in [0.15, 0.2) is 24.3 Å². The Kier molecular flexibility index (Phi) is 11.8. The molecule has 0 aromatic heterocycles. The number of nitrogens with one attached hydrogen (secondary N) is 2. The maximum absolute atomic E-state index is 13.0. The number of hydrogen-bond acceptors (Lipinski definition) is 3. The second-order valence-electron chi connectivity index (χ2n) is 9.50. The molecule has 7 nitrogen and oxygen atoms in total. The summed E-state index contributed by atoms with van der Waals surface area (Å²) in [6, 6.07) is 5.02. The fraction of sp³-hybridized carbons (Fsp3) is 0.625. The van der Waals surface area contributed by atoms with Crippen molar-refractivity contribution in [2.75, 3.05) is 13.1 Å². The highest BCUT2D eigenvalue weighted by atomic mass is 35.5. The highest BCUT2D eigenvalue weighted by Gasteiger charge is 2.33. The van der Waals surface area contributed by atoms with Crippen LogP contribution in [0, 0.1) is 23.6 Å². The van der Waals surface area contributed by atoms with Crippen molar-refractivity contribution < 1.29 is 36.9 Å². The van der Waals surface area contributed by atoms with Gasteiger partial charge < -0.3 is 33.7 Å². The van der Waals surface area contributed by atoms with Gasteiger partial charge in [0.2, 0.25) is 11.8 Å². The third-order valence-corrected chi connectivity index (χ3v) is 5.91. The largest absolute Gasteiger partial charge is 1.00 e. The van der Waals surface area contributed by atoms with Crippen molar-refractivity contribution >= 4 is 17.7 Å². The molecular formula is C24H38ClFN4O3. The lowest BCUT2D eigenvalue weighted by Gasteiger charge is -2.33. The topological polar surface area (TPSA) is 106 Å². The molecule has 0 radical (unpaired) electrons. The van der Waals surface area contributed by atoms with E-state index < -0.39 is 6.04 Å². The van der Waals surface area contributed by atoms with Gasteiger partial charge in [-0.15, -0.1) is 0 Å². The number of carbonyl (C=O) groups is 3. The molecule has 3 amide bonds. The van der Waals surface area contributed by atoms with Crippen LogP contribution in [0.2, 0.25) is 0 Å². The molecular weight excluding hydrogens is 447 g/mol. The average molecular weight is 485 g/mol. The number of carbonyl (C=O) groups excluding carboxylic acids is 3. The first-order valence-electron chi connectivity index (χ1n) is 11.5. The van der Waals surface area contributed by atoms with E-state index in [0.29, 0.717) is 31.8 Å². The van der Waals surface area contributed by atoms with E-state index in [-0.39, 0.29) is 60.4 Å². The number of amides is 3. The van der Waals surface area contributed by atoms with Gasteiger partial charge in [-0.3, -0.25) is 14.4 Å². The van der Waals surface area contributed by atoms with E-state index in [1.54, 1.807) is 17.0 Å². The Labute approximate surface area is 202 Å². The van der Waals surface area contributed by atoms with Crippen LogP contribution in [0.5, 0.6) is 0 Å². The zero-order valence-electron chi connectivity index (χ0n) is 20.1. The number of rotatable bonds is 9. The van der Waals surface area contributed by atoms with E-state index >= 15 is 0 Å². The molecule has 1 fully saturated rings. The van der Waals surface area contributed by atoms with Crippen LogP contribution in [-0.4, -0.2) is 47.8 Å². The molecule has 2 rings (SSSR count). The Hall–Kier alpha value is -2.19. The summed E-state index contributed by atoms with van der Waals surface area (Å²) in [4.78, 5) is 39.9. The van der Waals surface area contributed by atoms with E-state index in [0.717, 1.165) is 12.0 Å². The van der Waals surface area contributed by atoms with E-state index in [4.69, 9.17) is 0 Å². The Bertz CT molecular complexity index is 780. The summed E-state index contributed by atoms with van der Waals surface area (Å²) in [5.41, 5.74) is 4.78. The van der Waals surface area contributed by atoms with Crippen LogP contribution < -0.4 is 28.8 Å². The monoisotopic (exact) mass is 484 g/mol. The van der Waals surface area contributed by atoms with Crippen LogP contribution in [0.3, 0.4) is 0 Å². The zero-order chi connectivity index (χ0) is 23.8. The number of quaternary nitrogens is 1. The van der Waals surface area contributed by atoms with Gasteiger partial charge in [-0.05, 0) is 42.4 Å². The van der Waals surface area contributed by atoms with Crippen LogP contribution in [0.25, 0.3) is 0 Å². The molecule has 0 saturated carbocycles. The summed E-state index contributed by atoms with van der Waals surface area (Å²) in [7, 11) is 0. The Balaban J connectivity index is 0.00000544. The third-order valence-electron chi connectivity index (χ3n) is 5.91. The molecule has 2 atom stereocenters. The molecule has 1 aliphatic rings. The van der Waals surface area contributed by atoms with Gasteiger partial charge in [0.25, 0.3) is 5.91 Å². The minimum Gasteiger partial charge on any atom is -1.00 e. The number of halogens is 2. The summed E-state index contributed by atoms with van der Waals surface area (Å²) in [6.45, 7) is 9.24. The van der Waals surface area contributed by atoms with Gasteiger partial charge in [0.05, 0.1) is 0 Å². The van der Waals surface area contributed by atoms with Gasteiger partial charge in [-0.25, -0.2) is 4.39 Å². The predicted octanol–water partition coefficient (Wildman–Crippen LogP) is -1.52. The molecule has 0 spiro atoms. The van der Waals surface area contributed by atoms with Gasteiger partial charge >= 0.3 is 0 Å². The summed E-state index contributed by atoms with van der Waals surface area (Å²) >= 11 is 0. The first-order valence-corrected chi connectivity index (χ1v) is 11.5. The lowest BCUT2D eigenvalue weighted by atomic mass is 9.93. The molecule has 1 aliphatic heterocycles. The van der Waals surface area contributed by atoms with E-state index in [9.17, 15) is 18.8 Å². The molecule has 0 bridgehead atoms. The van der Waals surface area contributed by atoms with Crippen molar-refractivity contribution in [2.24, 2.45) is 17.8 Å². The maximum atomic E-state index is 13.0. The number of likely N-dealkylation sites (tertiary alicyclic amines) is 1. The predicted molar refractivity (Wildman–Crippen MR) is 120 cm³/mol. The maximum Gasteiger partial charge on any atom is 0.280 e. The highest BCUT2D eigenvalue weighted by Crippen LogP contribution is 2.19. The number of benzene rings is 1. The van der Waals surface area contributed by atoms with E-state index in [1.807, 2.05) is 13.8 Å². The molecule has 1 saturated heterocycles. The molecule has 9 heteroatoms. The van der Waals surface area contributed by atoms with Crippen molar-refractivity contribution in [1.82, 2.24) is 15.5 Å². The molecule has 0 unspecified atom stereocenters. The first kappa shape index (κ1) is 28.8. The summed E-state index contributed by atoms with van der Waals surface area (Å²) in [6.07, 6.45) is 1.91. The van der Waals surface area contributed by atoms with Crippen molar-refractivity contribution in [2.45, 2.75) is 65.6 Å². The second-order valence-corrected chi connectivity index (χ2v) is 9.50. The van der Waals surface area contributed by atoms with Gasteiger partial charge in [0.1, 0.15) is 11.9 Å². The van der Waals surface area contributed by atoms with Crippen LogP contribution in [-0.2, 0) is 20.9 Å². The minimum atomic E-state index is -0.655. The van der Waals surface area contributed by atoms with E-state index in [2.05, 4.69) is 30.2 Å². The average Bonchev–Trinajstić information content (AvgIpc) is 2.75. The minimum absolute atomic E-state index is 0. The first-order chi connectivity index (χ1) is 15.1. The summed E-state index contributed by atoms with van der Waals surface area (Å²) in [5, 5.41) is 5.72. The SMILES string of the molecule is CC(C)C[C@H]([NH3+])C(=O)N1CCC(C(=O)N[C@H](C(=O)NCc2ccc(F)cc2)C(C)C)CC1.[Cl-]. The van der Waals surface area contributed by atoms with Gasteiger partial charge in [0.15, 0.2) is 6.04 Å². The number of piperidine rings is 1. The quantitative estimate of drug-likeness (QED) is 0.396. The third kappa shape index (κ3) is 8.93. The van der Waals surface area contributed by atoms with E-state index in [1.165, 1.54) is 12.1 Å². The lowest BCUT2D eigenvalue weighted by Crippen LogP contribution is -3.00. The lowest BCUT2D eigenvalue weighted by molar-refractivity contribution is -0.408. The molecule has 33 heavy (non-hydrogen) atoms. The smallest absolute Gasteiger partial charge is 0.280 e. The van der Waals surface area contributed by atoms with Gasteiger partial charge in [-0.2, -0.15) is 0 Å². The van der Waals surface area contributed by atoms with Crippen LogP contribution >= 0.6 is 0 Å². The highest BCUT2D eigenvalue weighted by molar-refractivity contribution is 5.89. The van der Waals surface area contributed by atoms with Crippen LogP contribution in [0.4, 0.5) is 4.39 Å². The van der Waals surface area contributed by atoms with Crippen LogP contribution in [0.1, 0.15) is 52.5 Å². The molecule has 1 heterocycles. The molecule has 186 valence electrons. The van der Waals surface area contributed by atoms with Crippen molar-refractivity contribution in [3.8, 4) is 0 Å². The molecule has 1 aromatic carbocycles. The fourth-order valence-corrected chi connectivity index (χ4v) is 4.00. The molecule has 0 aliphatic carbocycles. The molecule has 5 N–H and O–H groups in total. The summed E-state index contributed by atoms with van der Waals surface area (Å²) < 4.78 is 13.0. The standard InChI is InChI=1S/C24H37FN4O3.ClH/c1-15(2)13-20(26)24(32)29-11-9-18(10-12-29)22(30)28-21(16(3)4)23(31)27-14-17-5-7-19(25)8-6-17;/h5-8,15-16,18,20-21H,9-14,26H2,1-4H3,(H,27,31)(H,28,30);1H/t20-,21-;/m0./s1. The molecule has 1 aromatic rings. The number of hydrogen-bond donors (Lipinski definition) is 3. The van der Waals surface area contributed by atoms with Crippen molar-refractivity contribution in [3.63, 3.8) is 0 Å². The van der Waals surface area contributed by atoms with Gasteiger partial charge in [0, 0.05) is 32.0 Å². The van der Waals surface area contributed by atoms with Crippen molar-refractivity contribution in [1.29, 1.82) is 0 Å². The fourth-order valence-electron chi connectivity index (χ4n) is 4.00.